The van der Waals surface area contributed by atoms with Crippen LogP contribution in [-0.4, -0.2) is 47.1 Å². The molecule has 160 valence electrons. The minimum Gasteiger partial charge on any atom is -0.491 e. The SMILES string of the molecule is Cc1c(C(=O)NCCOc2ccccc2C(C)(C)C)nnn1C1CCNCC1.Cl. The number of halogens is 1. The first kappa shape index (κ1) is 23.2. The van der Waals surface area contributed by atoms with E-state index in [1.807, 2.05) is 29.8 Å². The van der Waals surface area contributed by atoms with Gasteiger partial charge >= 0.3 is 0 Å². The zero-order valence-corrected chi connectivity index (χ0v) is 18.5. The van der Waals surface area contributed by atoms with Crippen molar-refractivity contribution in [3.05, 3.63) is 41.2 Å². The van der Waals surface area contributed by atoms with E-state index in [-0.39, 0.29) is 23.7 Å². The van der Waals surface area contributed by atoms with Crippen LogP contribution in [0.5, 0.6) is 5.75 Å². The third-order valence-corrected chi connectivity index (χ3v) is 5.14. The van der Waals surface area contributed by atoms with Crippen molar-refractivity contribution >= 4 is 18.3 Å². The minimum absolute atomic E-state index is 0. The molecule has 1 aliphatic rings. The summed E-state index contributed by atoms with van der Waals surface area (Å²) in [5.74, 6) is 0.655. The van der Waals surface area contributed by atoms with Crippen LogP contribution in [0.25, 0.3) is 0 Å². The molecule has 0 aliphatic carbocycles. The Morgan fingerprint density at radius 1 is 1.28 bits per heavy atom. The Morgan fingerprint density at radius 3 is 2.66 bits per heavy atom. The van der Waals surface area contributed by atoms with Crippen molar-refractivity contribution in [1.82, 2.24) is 25.6 Å². The lowest BCUT2D eigenvalue weighted by atomic mass is 9.86. The lowest BCUT2D eigenvalue weighted by Gasteiger charge is -2.23. The third-order valence-electron chi connectivity index (χ3n) is 5.14. The van der Waals surface area contributed by atoms with Gasteiger partial charge in [0.2, 0.25) is 0 Å². The Labute approximate surface area is 179 Å². The van der Waals surface area contributed by atoms with E-state index in [0.717, 1.165) is 42.9 Å². The summed E-state index contributed by atoms with van der Waals surface area (Å²) in [6.07, 6.45) is 2.01. The molecule has 2 N–H and O–H groups in total. The summed E-state index contributed by atoms with van der Waals surface area (Å²) in [4.78, 5) is 12.5. The monoisotopic (exact) mass is 421 g/mol. The predicted octanol–water partition coefficient (Wildman–Crippen LogP) is 3.04. The van der Waals surface area contributed by atoms with Gasteiger partial charge in [-0.25, -0.2) is 4.68 Å². The number of amides is 1. The molecule has 0 atom stereocenters. The summed E-state index contributed by atoms with van der Waals surface area (Å²) in [7, 11) is 0. The van der Waals surface area contributed by atoms with E-state index in [1.54, 1.807) is 0 Å². The maximum atomic E-state index is 12.5. The van der Waals surface area contributed by atoms with Crippen LogP contribution in [0.1, 0.15) is 61.4 Å². The molecule has 1 aromatic carbocycles. The average molecular weight is 422 g/mol. The molecular formula is C21H32ClN5O2. The van der Waals surface area contributed by atoms with Crippen molar-refractivity contribution in [2.45, 2.75) is 52.0 Å². The number of rotatable bonds is 6. The van der Waals surface area contributed by atoms with E-state index in [4.69, 9.17) is 4.74 Å². The molecular weight excluding hydrogens is 390 g/mol. The summed E-state index contributed by atoms with van der Waals surface area (Å²) in [6, 6.07) is 8.34. The number of carbonyl (C=O) groups is 1. The van der Waals surface area contributed by atoms with Crippen LogP contribution in [0.15, 0.2) is 24.3 Å². The highest BCUT2D eigenvalue weighted by Crippen LogP contribution is 2.30. The summed E-state index contributed by atoms with van der Waals surface area (Å²) in [5.41, 5.74) is 2.38. The fourth-order valence-electron chi connectivity index (χ4n) is 3.57. The van der Waals surface area contributed by atoms with Gasteiger partial charge in [0.15, 0.2) is 5.69 Å². The van der Waals surface area contributed by atoms with Crippen molar-refractivity contribution in [2.24, 2.45) is 0 Å². The molecule has 0 bridgehead atoms. The average Bonchev–Trinajstić information content (AvgIpc) is 3.07. The first-order valence-electron chi connectivity index (χ1n) is 10.0. The molecule has 2 aromatic rings. The second kappa shape index (κ2) is 10.1. The summed E-state index contributed by atoms with van der Waals surface area (Å²) >= 11 is 0. The first-order chi connectivity index (χ1) is 13.4. The van der Waals surface area contributed by atoms with Crippen LogP contribution < -0.4 is 15.4 Å². The molecule has 0 spiro atoms. The quantitative estimate of drug-likeness (QED) is 0.700. The molecule has 2 heterocycles. The summed E-state index contributed by atoms with van der Waals surface area (Å²) < 4.78 is 7.81. The van der Waals surface area contributed by atoms with E-state index in [9.17, 15) is 4.79 Å². The van der Waals surface area contributed by atoms with E-state index in [1.165, 1.54) is 0 Å². The van der Waals surface area contributed by atoms with Gasteiger partial charge < -0.3 is 15.4 Å². The number of carbonyl (C=O) groups excluding carboxylic acids is 1. The standard InChI is InChI=1S/C21H31N5O2.ClH/c1-15-19(24-25-26(15)16-9-11-22-12-10-16)20(27)23-13-14-28-18-8-6-5-7-17(18)21(2,3)4;/h5-8,16,22H,9-14H2,1-4H3,(H,23,27);1H. The topological polar surface area (TPSA) is 81.1 Å². The van der Waals surface area contributed by atoms with E-state index >= 15 is 0 Å². The molecule has 0 unspecified atom stereocenters. The van der Waals surface area contributed by atoms with Crippen molar-refractivity contribution in [3.8, 4) is 5.75 Å². The van der Waals surface area contributed by atoms with Crippen LogP contribution in [0, 0.1) is 6.92 Å². The smallest absolute Gasteiger partial charge is 0.273 e. The normalized spacial score (nSPS) is 14.9. The van der Waals surface area contributed by atoms with E-state index in [0.29, 0.717) is 24.9 Å². The third kappa shape index (κ3) is 5.70. The molecule has 1 aromatic heterocycles. The lowest BCUT2D eigenvalue weighted by molar-refractivity contribution is 0.0941. The highest BCUT2D eigenvalue weighted by Gasteiger charge is 2.23. The lowest BCUT2D eigenvalue weighted by Crippen LogP contribution is -2.31. The van der Waals surface area contributed by atoms with E-state index < -0.39 is 0 Å². The van der Waals surface area contributed by atoms with Gasteiger partial charge in [-0.2, -0.15) is 0 Å². The Balaban J connectivity index is 0.00000300. The van der Waals surface area contributed by atoms with Crippen LogP contribution in [0.2, 0.25) is 0 Å². The molecule has 0 radical (unpaired) electrons. The van der Waals surface area contributed by atoms with Gasteiger partial charge in [-0.15, -0.1) is 17.5 Å². The molecule has 3 rings (SSSR count). The number of hydrogen-bond acceptors (Lipinski definition) is 5. The highest BCUT2D eigenvalue weighted by molar-refractivity contribution is 5.93. The molecule has 0 saturated carbocycles. The molecule has 8 heteroatoms. The van der Waals surface area contributed by atoms with Crippen molar-refractivity contribution in [1.29, 1.82) is 0 Å². The Hall–Kier alpha value is -2.12. The predicted molar refractivity (Wildman–Crippen MR) is 116 cm³/mol. The number of hydrogen-bond donors (Lipinski definition) is 2. The van der Waals surface area contributed by atoms with Crippen molar-refractivity contribution in [2.75, 3.05) is 26.2 Å². The van der Waals surface area contributed by atoms with Crippen LogP contribution in [-0.2, 0) is 5.41 Å². The number of nitrogens with one attached hydrogen (secondary N) is 2. The van der Waals surface area contributed by atoms with Gasteiger partial charge in [-0.1, -0.05) is 44.2 Å². The number of piperidine rings is 1. The van der Waals surface area contributed by atoms with Gasteiger partial charge in [-0.05, 0) is 49.9 Å². The number of para-hydroxylation sites is 1. The first-order valence-corrected chi connectivity index (χ1v) is 10.0. The second-order valence-corrected chi connectivity index (χ2v) is 8.30. The summed E-state index contributed by atoms with van der Waals surface area (Å²) in [5, 5.41) is 14.6. The number of ether oxygens (including phenoxy) is 1. The number of nitrogens with zero attached hydrogens (tertiary/aromatic N) is 3. The number of benzene rings is 1. The highest BCUT2D eigenvalue weighted by atomic mass is 35.5. The fraction of sp³-hybridized carbons (Fsp3) is 0.571. The summed E-state index contributed by atoms with van der Waals surface area (Å²) in [6.45, 7) is 11.1. The molecule has 1 amide bonds. The van der Waals surface area contributed by atoms with Gasteiger partial charge in [0.05, 0.1) is 18.3 Å². The maximum Gasteiger partial charge on any atom is 0.273 e. The fourth-order valence-corrected chi connectivity index (χ4v) is 3.57. The van der Waals surface area contributed by atoms with Gasteiger partial charge in [0.25, 0.3) is 5.91 Å². The van der Waals surface area contributed by atoms with Crippen molar-refractivity contribution < 1.29 is 9.53 Å². The molecule has 1 fully saturated rings. The van der Waals surface area contributed by atoms with E-state index in [2.05, 4.69) is 47.8 Å². The Bertz CT molecular complexity index is 810. The van der Waals surface area contributed by atoms with Gasteiger partial charge in [-0.3, -0.25) is 4.79 Å². The Morgan fingerprint density at radius 2 is 1.97 bits per heavy atom. The van der Waals surface area contributed by atoms with Crippen LogP contribution >= 0.6 is 12.4 Å². The molecule has 29 heavy (non-hydrogen) atoms. The van der Waals surface area contributed by atoms with Crippen LogP contribution in [0.4, 0.5) is 0 Å². The molecule has 1 aliphatic heterocycles. The number of aromatic nitrogens is 3. The second-order valence-electron chi connectivity index (χ2n) is 8.30. The van der Waals surface area contributed by atoms with Gasteiger partial charge in [0.1, 0.15) is 12.4 Å². The Kier molecular flexibility index (Phi) is 8.05. The largest absolute Gasteiger partial charge is 0.491 e. The minimum atomic E-state index is -0.203. The molecule has 7 nitrogen and oxygen atoms in total. The van der Waals surface area contributed by atoms with Crippen LogP contribution in [0.3, 0.4) is 0 Å². The maximum absolute atomic E-state index is 12.5. The zero-order chi connectivity index (χ0) is 20.1. The zero-order valence-electron chi connectivity index (χ0n) is 17.7. The molecule has 1 saturated heterocycles. The van der Waals surface area contributed by atoms with Crippen molar-refractivity contribution in [3.63, 3.8) is 0 Å². The van der Waals surface area contributed by atoms with Gasteiger partial charge in [0, 0.05) is 0 Å².